The van der Waals surface area contributed by atoms with Crippen LogP contribution in [0.4, 0.5) is 0 Å². The van der Waals surface area contributed by atoms with Gasteiger partial charge in [-0.05, 0) is 66.4 Å². The molecule has 0 saturated carbocycles. The van der Waals surface area contributed by atoms with Crippen molar-refractivity contribution in [2.24, 2.45) is 11.5 Å². The van der Waals surface area contributed by atoms with Crippen molar-refractivity contribution in [1.82, 2.24) is 0 Å². The van der Waals surface area contributed by atoms with Gasteiger partial charge in [-0.2, -0.15) is 5.26 Å². The van der Waals surface area contributed by atoms with Gasteiger partial charge >= 0.3 is 0 Å². The van der Waals surface area contributed by atoms with Gasteiger partial charge in [-0.25, -0.2) is 0 Å². The second kappa shape index (κ2) is 8.90. The van der Waals surface area contributed by atoms with Crippen LogP contribution in [0.3, 0.4) is 0 Å². The van der Waals surface area contributed by atoms with Crippen molar-refractivity contribution < 1.29 is 14.3 Å². The Hall–Kier alpha value is -3.82. The minimum absolute atomic E-state index is 0.0651. The Kier molecular flexibility index (Phi) is 5.87. The molecule has 1 unspecified atom stereocenters. The molecule has 6 nitrogen and oxygen atoms in total. The molecule has 1 aliphatic rings. The fourth-order valence-electron chi connectivity index (χ4n) is 3.82. The van der Waals surface area contributed by atoms with Gasteiger partial charge in [0.1, 0.15) is 23.4 Å². The second-order valence-electron chi connectivity index (χ2n) is 7.55. The third kappa shape index (κ3) is 4.68. The first-order valence-corrected chi connectivity index (χ1v) is 10.1. The van der Waals surface area contributed by atoms with Crippen molar-refractivity contribution in [2.75, 3.05) is 0 Å². The average molecular weight is 413 g/mol. The summed E-state index contributed by atoms with van der Waals surface area (Å²) in [5.74, 6) is 1.82. The topological polar surface area (TPSA) is 111 Å². The predicted octanol–water partition coefficient (Wildman–Crippen LogP) is 4.29. The summed E-state index contributed by atoms with van der Waals surface area (Å²) in [7, 11) is 0. The molecule has 0 saturated heterocycles. The molecule has 1 aliphatic carbocycles. The SMILES string of the molecule is N#Cc1ccc(Oc2cccc3c2CC[C@H]3Oc2ccc(C(N)CC(N)=O)cc2)cc1. The number of nitrogens with two attached hydrogens (primary N) is 2. The van der Waals surface area contributed by atoms with E-state index in [0.29, 0.717) is 11.3 Å². The quantitative estimate of drug-likeness (QED) is 0.600. The third-order valence-electron chi connectivity index (χ3n) is 5.39. The van der Waals surface area contributed by atoms with Crippen LogP contribution in [0.15, 0.2) is 66.7 Å². The van der Waals surface area contributed by atoms with Crippen LogP contribution in [0.2, 0.25) is 0 Å². The number of fused-ring (bicyclic) bond motifs is 1. The fourth-order valence-corrected chi connectivity index (χ4v) is 3.82. The maximum Gasteiger partial charge on any atom is 0.219 e. The number of nitriles is 1. The summed E-state index contributed by atoms with van der Waals surface area (Å²) in [6.45, 7) is 0. The van der Waals surface area contributed by atoms with Gasteiger partial charge in [0.05, 0.1) is 11.6 Å². The zero-order valence-corrected chi connectivity index (χ0v) is 17.0. The van der Waals surface area contributed by atoms with E-state index in [2.05, 4.69) is 12.1 Å². The Morgan fingerprint density at radius 3 is 2.45 bits per heavy atom. The number of hydrogen-bond donors (Lipinski definition) is 2. The van der Waals surface area contributed by atoms with E-state index in [1.54, 1.807) is 24.3 Å². The summed E-state index contributed by atoms with van der Waals surface area (Å²) >= 11 is 0. The van der Waals surface area contributed by atoms with Gasteiger partial charge in [-0.1, -0.05) is 24.3 Å². The zero-order chi connectivity index (χ0) is 21.8. The Balaban J connectivity index is 1.47. The van der Waals surface area contributed by atoms with E-state index < -0.39 is 11.9 Å². The van der Waals surface area contributed by atoms with Crippen LogP contribution < -0.4 is 20.9 Å². The Morgan fingerprint density at radius 1 is 1.06 bits per heavy atom. The van der Waals surface area contributed by atoms with Crippen LogP contribution in [-0.4, -0.2) is 5.91 Å². The Bertz CT molecular complexity index is 1120. The maximum atomic E-state index is 11.1. The van der Waals surface area contributed by atoms with Gasteiger partial charge in [0, 0.05) is 18.0 Å². The molecular formula is C25H23N3O3. The third-order valence-corrected chi connectivity index (χ3v) is 5.39. The molecule has 31 heavy (non-hydrogen) atoms. The van der Waals surface area contributed by atoms with E-state index in [1.165, 1.54) is 0 Å². The number of hydrogen-bond acceptors (Lipinski definition) is 5. The van der Waals surface area contributed by atoms with Crippen molar-refractivity contribution in [3.63, 3.8) is 0 Å². The Labute approximate surface area is 181 Å². The first-order valence-electron chi connectivity index (χ1n) is 10.1. The van der Waals surface area contributed by atoms with Gasteiger partial charge in [0.2, 0.25) is 5.91 Å². The van der Waals surface area contributed by atoms with E-state index in [0.717, 1.165) is 41.0 Å². The van der Waals surface area contributed by atoms with Gasteiger partial charge in [-0.3, -0.25) is 4.79 Å². The fraction of sp³-hybridized carbons (Fsp3) is 0.200. The molecule has 4 N–H and O–H groups in total. The molecule has 0 aromatic heterocycles. The monoisotopic (exact) mass is 413 g/mol. The average Bonchev–Trinajstić information content (AvgIpc) is 3.18. The van der Waals surface area contributed by atoms with E-state index in [4.69, 9.17) is 26.2 Å². The van der Waals surface area contributed by atoms with Crippen molar-refractivity contribution in [3.8, 4) is 23.3 Å². The summed E-state index contributed by atoms with van der Waals surface area (Å²) in [5, 5.41) is 8.94. The summed E-state index contributed by atoms with van der Waals surface area (Å²) in [5.41, 5.74) is 14.9. The van der Waals surface area contributed by atoms with E-state index in [9.17, 15) is 4.79 Å². The maximum absolute atomic E-state index is 11.1. The zero-order valence-electron chi connectivity index (χ0n) is 17.0. The molecule has 0 spiro atoms. The highest BCUT2D eigenvalue weighted by atomic mass is 16.5. The van der Waals surface area contributed by atoms with Crippen LogP contribution in [0.1, 0.15) is 47.2 Å². The number of nitrogens with zero attached hydrogens (tertiary/aromatic N) is 1. The number of rotatable bonds is 7. The highest BCUT2D eigenvalue weighted by Crippen LogP contribution is 2.41. The molecular weight excluding hydrogens is 390 g/mol. The van der Waals surface area contributed by atoms with E-state index in [-0.39, 0.29) is 12.5 Å². The summed E-state index contributed by atoms with van der Waals surface area (Å²) in [6.07, 6.45) is 1.75. The molecule has 3 aromatic rings. The van der Waals surface area contributed by atoms with Crippen molar-refractivity contribution in [2.45, 2.75) is 31.4 Å². The molecule has 0 heterocycles. The lowest BCUT2D eigenvalue weighted by atomic mass is 10.0. The molecule has 0 aliphatic heterocycles. The molecule has 0 bridgehead atoms. The normalized spacial score (nSPS) is 15.5. The molecule has 0 radical (unpaired) electrons. The smallest absolute Gasteiger partial charge is 0.219 e. The summed E-state index contributed by atoms with van der Waals surface area (Å²) in [4.78, 5) is 11.1. The first kappa shape index (κ1) is 20.5. The highest BCUT2D eigenvalue weighted by Gasteiger charge is 2.27. The Morgan fingerprint density at radius 2 is 1.77 bits per heavy atom. The van der Waals surface area contributed by atoms with Crippen molar-refractivity contribution in [1.29, 1.82) is 5.26 Å². The molecule has 0 fully saturated rings. The molecule has 3 aromatic carbocycles. The minimum Gasteiger partial charge on any atom is -0.486 e. The largest absolute Gasteiger partial charge is 0.486 e. The number of primary amides is 1. The number of amides is 1. The molecule has 1 amide bonds. The van der Waals surface area contributed by atoms with Gasteiger partial charge in [0.15, 0.2) is 0 Å². The van der Waals surface area contributed by atoms with Gasteiger partial charge in [0.25, 0.3) is 0 Å². The van der Waals surface area contributed by atoms with Gasteiger partial charge in [-0.15, -0.1) is 0 Å². The summed E-state index contributed by atoms with van der Waals surface area (Å²) < 4.78 is 12.3. The molecule has 156 valence electrons. The predicted molar refractivity (Wildman–Crippen MR) is 117 cm³/mol. The van der Waals surface area contributed by atoms with Gasteiger partial charge < -0.3 is 20.9 Å². The molecule has 2 atom stereocenters. The number of benzene rings is 3. The van der Waals surface area contributed by atoms with Crippen molar-refractivity contribution in [3.05, 3.63) is 89.0 Å². The lowest BCUT2D eigenvalue weighted by molar-refractivity contribution is -0.118. The van der Waals surface area contributed by atoms with Crippen LogP contribution in [0, 0.1) is 11.3 Å². The van der Waals surface area contributed by atoms with Crippen molar-refractivity contribution >= 4 is 5.91 Å². The lowest BCUT2D eigenvalue weighted by Gasteiger charge is -2.17. The second-order valence-corrected chi connectivity index (χ2v) is 7.55. The number of carbonyl (C=O) groups is 1. The standard InChI is InChI=1S/C25H23N3O3/c26-15-16-4-8-18(9-5-16)30-23-3-1-2-20-21(23)12-13-24(20)31-19-10-6-17(7-11-19)22(27)14-25(28)29/h1-11,22,24H,12-14,27H2,(H2,28,29)/t22?,24-/m1/s1. The van der Waals surface area contributed by atoms with E-state index >= 15 is 0 Å². The number of carbonyl (C=O) groups excluding carboxylic acids is 1. The molecule has 4 rings (SSSR count). The summed E-state index contributed by atoms with van der Waals surface area (Å²) in [6, 6.07) is 22.2. The lowest BCUT2D eigenvalue weighted by Crippen LogP contribution is -2.20. The van der Waals surface area contributed by atoms with E-state index in [1.807, 2.05) is 36.4 Å². The number of ether oxygens (including phenoxy) is 2. The van der Waals surface area contributed by atoms with Crippen LogP contribution in [-0.2, 0) is 11.2 Å². The highest BCUT2D eigenvalue weighted by molar-refractivity contribution is 5.74. The first-order chi connectivity index (χ1) is 15.0. The minimum atomic E-state index is -0.422. The van der Waals surface area contributed by atoms with Crippen LogP contribution >= 0.6 is 0 Å². The molecule has 6 heteroatoms. The van der Waals surface area contributed by atoms with Crippen LogP contribution in [0.25, 0.3) is 0 Å². The van der Waals surface area contributed by atoms with Crippen LogP contribution in [0.5, 0.6) is 17.2 Å².